The number of carbonyl (C=O) groups excluding carboxylic acids is 5. The van der Waals surface area contributed by atoms with Gasteiger partial charge in [-0.05, 0) is 172 Å². The molecule has 24 heteroatoms. The van der Waals surface area contributed by atoms with Gasteiger partial charge in [-0.1, -0.05) is 67.4 Å². The van der Waals surface area contributed by atoms with Gasteiger partial charge >= 0.3 is 23.6 Å². The van der Waals surface area contributed by atoms with Crippen LogP contribution in [0, 0.1) is 22.2 Å². The molecule has 1 spiro atoms. The minimum atomic E-state index is -1.83. The highest BCUT2D eigenvalue weighted by Gasteiger charge is 2.54. The van der Waals surface area contributed by atoms with Crippen molar-refractivity contribution in [2.45, 2.75) is 149 Å². The summed E-state index contributed by atoms with van der Waals surface area (Å²) in [6.07, 6.45) is 4.12. The molecule has 4 heterocycles. The van der Waals surface area contributed by atoms with E-state index >= 15 is 0 Å². The van der Waals surface area contributed by atoms with Crippen LogP contribution in [0.1, 0.15) is 174 Å². The second-order valence-electron chi connectivity index (χ2n) is 27.9. The summed E-state index contributed by atoms with van der Waals surface area (Å²) in [5.41, 5.74) is -1.94. The number of nitriles is 1. The lowest BCUT2D eigenvalue weighted by Crippen LogP contribution is -2.39. The molecule has 1 saturated heterocycles. The minimum Gasteiger partial charge on any atom is -0.497 e. The van der Waals surface area contributed by atoms with Gasteiger partial charge < -0.3 is 57.6 Å². The van der Waals surface area contributed by atoms with E-state index in [1.54, 1.807) is 98.2 Å². The molecule has 3 aliphatic heterocycles. The number of nitrogens with one attached hydrogen (secondary N) is 3. The molecule has 0 radical (unpaired) electrons. The lowest BCUT2D eigenvalue weighted by atomic mass is 9.77. The van der Waals surface area contributed by atoms with E-state index in [0.29, 0.717) is 67.0 Å². The summed E-state index contributed by atoms with van der Waals surface area (Å²) in [5.74, 6) is -0.397. The van der Waals surface area contributed by atoms with Gasteiger partial charge in [0.25, 0.3) is 20.0 Å². The Kier molecular flexibility index (Phi) is 24.1. The van der Waals surface area contributed by atoms with Crippen molar-refractivity contribution in [3.05, 3.63) is 217 Å². The summed E-state index contributed by atoms with van der Waals surface area (Å²) in [5, 5.41) is 15.4. The first-order valence-electron chi connectivity index (χ1n) is 34.5. The van der Waals surface area contributed by atoms with E-state index < -0.39 is 90.0 Å². The fraction of sp³-hybridized carbons (Fsp3) is 0.392. The minimum absolute atomic E-state index is 0.0135. The van der Waals surface area contributed by atoms with E-state index in [2.05, 4.69) is 26.4 Å². The zero-order chi connectivity index (χ0) is 74.0. The highest BCUT2D eigenvalue weighted by molar-refractivity contribution is 7.44. The number of nitrogens with zero attached hydrogens (tertiary/aromatic N) is 3. The van der Waals surface area contributed by atoms with Crippen LogP contribution in [-0.4, -0.2) is 109 Å². The van der Waals surface area contributed by atoms with Crippen LogP contribution in [-0.2, 0) is 48.8 Å². The molecule has 4 unspecified atom stereocenters. The second-order valence-corrected chi connectivity index (χ2v) is 29.4. The van der Waals surface area contributed by atoms with E-state index in [0.717, 1.165) is 16.7 Å². The third-order valence-electron chi connectivity index (χ3n) is 17.8. The van der Waals surface area contributed by atoms with Crippen LogP contribution < -0.4 is 45.6 Å². The number of unbranched alkanes of at least 4 members (excludes halogenated alkanes) is 3. The molecule has 4 atom stereocenters. The molecule has 10 rings (SSSR count). The molecule has 0 aliphatic carbocycles. The molecule has 3 N–H and O–H groups in total. The van der Waals surface area contributed by atoms with Gasteiger partial charge in [0, 0.05) is 78.3 Å². The van der Waals surface area contributed by atoms with Crippen LogP contribution in [0.5, 0.6) is 34.5 Å². The van der Waals surface area contributed by atoms with Crippen LogP contribution in [0.15, 0.2) is 155 Å². The third kappa shape index (κ3) is 17.1. The Balaban J connectivity index is 0.795. The molecular formula is C79H89N6O17P. The number of amides is 2. The predicted molar refractivity (Wildman–Crippen MR) is 386 cm³/mol. The standard InChI is InChI=1S/C79H89N6O17P/c1-49(2)85(50(3)4)103(96-42-20-39-80)102-66-46-69(100-67(66)48-95-78(53-21-16-15-17-22-53,54-25-29-56(93-11)30-26-54)55-27-31-57(94-12)32-28-55)84-47-52(71(88)83-75(84)92)24-38-68(86)81-40-18-13-14-19-41-82-70(87)51-23-35-60-63(43-51)79(101-72(60)89)61-36-33-58(97-73(90)76(5,6)7)44-64(61)99-65-45-59(34-37-62(65)79)98-74(91)77(8,9)10/h15-17,21-38,43-45,47,49-50,66-67,69H,13-14,18-20,40-42,46,48H2,1-12H3,(H,81,86)(H,82,87)(H,83,88,92). The summed E-state index contributed by atoms with van der Waals surface area (Å²) >= 11 is 0. The highest BCUT2D eigenvalue weighted by Crippen LogP contribution is 2.58. The van der Waals surface area contributed by atoms with Crippen LogP contribution in [0.4, 0.5) is 0 Å². The normalized spacial score (nSPS) is 16.3. The summed E-state index contributed by atoms with van der Waals surface area (Å²) in [4.78, 5) is 96.9. The third-order valence-corrected chi connectivity index (χ3v) is 19.9. The molecule has 23 nitrogen and oxygen atoms in total. The molecule has 542 valence electrons. The predicted octanol–water partition coefficient (Wildman–Crippen LogP) is 13.1. The number of rotatable bonds is 29. The number of aromatic nitrogens is 2. The van der Waals surface area contributed by atoms with Crippen LogP contribution in [0.2, 0.25) is 0 Å². The second kappa shape index (κ2) is 32.7. The maximum absolute atomic E-state index is 13.9. The molecule has 2 amide bonds. The van der Waals surface area contributed by atoms with Crippen LogP contribution in [0.25, 0.3) is 6.08 Å². The van der Waals surface area contributed by atoms with Crippen molar-refractivity contribution in [3.8, 4) is 40.6 Å². The van der Waals surface area contributed by atoms with Crippen LogP contribution in [0.3, 0.4) is 0 Å². The molecule has 103 heavy (non-hydrogen) atoms. The van der Waals surface area contributed by atoms with Gasteiger partial charge in [-0.15, -0.1) is 0 Å². The molecule has 0 saturated carbocycles. The first-order valence-corrected chi connectivity index (χ1v) is 35.6. The zero-order valence-electron chi connectivity index (χ0n) is 60.1. The van der Waals surface area contributed by atoms with Gasteiger partial charge in [0.2, 0.25) is 5.91 Å². The quantitative estimate of drug-likeness (QED) is 0.00980. The summed E-state index contributed by atoms with van der Waals surface area (Å²) in [6, 6.07) is 41.4. The Morgan fingerprint density at radius 2 is 1.26 bits per heavy atom. The Morgan fingerprint density at radius 1 is 0.709 bits per heavy atom. The first-order chi connectivity index (χ1) is 49.2. The molecule has 1 aromatic heterocycles. The number of esters is 3. The molecular weight excluding hydrogens is 1340 g/mol. The lowest BCUT2D eigenvalue weighted by Gasteiger charge is -2.39. The SMILES string of the molecule is COc1ccc(C(OCC2OC(n3cc(C=CC(=O)NCCCCCCNC(=O)c4ccc5c(c4)C4(OC5=O)c5ccc(OC(=O)C(C)(C)C)cc5Oc5cc(OC(=O)C(C)(C)C)ccc54)c(=O)[nH]c3=O)CC2OP(OCCC#N)N(C(C)C)C(C)C)(c2ccccc2)c2ccc(OC)cc2)cc1. The van der Waals surface area contributed by atoms with Crippen molar-refractivity contribution in [2.24, 2.45) is 10.8 Å². The van der Waals surface area contributed by atoms with Gasteiger partial charge in [0.15, 0.2) is 5.60 Å². The average molecular weight is 1430 g/mol. The summed E-state index contributed by atoms with van der Waals surface area (Å²) in [7, 11) is 1.37. The molecule has 1 fully saturated rings. The largest absolute Gasteiger partial charge is 0.497 e. The number of H-pyrrole nitrogens is 1. The fourth-order valence-corrected chi connectivity index (χ4v) is 14.2. The van der Waals surface area contributed by atoms with E-state index in [9.17, 15) is 38.8 Å². The number of methoxy groups -OCH3 is 2. The van der Waals surface area contributed by atoms with Crippen molar-refractivity contribution in [1.82, 2.24) is 24.9 Å². The zero-order valence-corrected chi connectivity index (χ0v) is 61.0. The van der Waals surface area contributed by atoms with Crippen molar-refractivity contribution >= 4 is 44.3 Å². The van der Waals surface area contributed by atoms with Crippen molar-refractivity contribution < 1.29 is 70.9 Å². The van der Waals surface area contributed by atoms with Gasteiger partial charge in [-0.2, -0.15) is 5.26 Å². The van der Waals surface area contributed by atoms with Crippen molar-refractivity contribution in [3.63, 3.8) is 0 Å². The number of hydrogen-bond acceptors (Lipinski definition) is 19. The van der Waals surface area contributed by atoms with E-state index in [4.69, 9.17) is 46.9 Å². The maximum Gasteiger partial charge on any atom is 0.340 e. The monoisotopic (exact) mass is 1420 g/mol. The van der Waals surface area contributed by atoms with E-state index in [-0.39, 0.29) is 77.8 Å². The van der Waals surface area contributed by atoms with Crippen molar-refractivity contribution in [1.29, 1.82) is 5.26 Å². The summed E-state index contributed by atoms with van der Waals surface area (Å²) < 4.78 is 66.4. The maximum atomic E-state index is 13.9. The average Bonchev–Trinajstić information content (AvgIpc) is 1.60. The molecule has 3 aliphatic rings. The fourth-order valence-electron chi connectivity index (χ4n) is 12.5. The number of benzene rings is 6. The number of carbonyl (C=O) groups is 5. The van der Waals surface area contributed by atoms with Crippen LogP contribution >= 0.6 is 8.53 Å². The lowest BCUT2D eigenvalue weighted by molar-refractivity contribution is -0.143. The Morgan fingerprint density at radius 3 is 1.81 bits per heavy atom. The highest BCUT2D eigenvalue weighted by atomic mass is 31.2. The topological polar surface area (TPSA) is 284 Å². The number of fused-ring (bicyclic) bond motifs is 6. The summed E-state index contributed by atoms with van der Waals surface area (Å²) in [6.45, 7) is 19.2. The van der Waals surface area contributed by atoms with E-state index in [1.165, 1.54) is 35.0 Å². The van der Waals surface area contributed by atoms with Crippen molar-refractivity contribution in [2.75, 3.05) is 40.5 Å². The Hall–Kier alpha value is -9.79. The smallest absolute Gasteiger partial charge is 0.340 e. The number of aromatic amines is 1. The Bertz CT molecular complexity index is 4290. The molecule has 7 aromatic rings. The van der Waals surface area contributed by atoms with Gasteiger partial charge in [-0.25, -0.2) is 14.3 Å². The van der Waals surface area contributed by atoms with Gasteiger partial charge in [0.05, 0.1) is 68.0 Å². The number of hydrogen-bond donors (Lipinski definition) is 3. The van der Waals surface area contributed by atoms with E-state index in [1.807, 2.05) is 107 Å². The molecule has 6 aromatic carbocycles. The van der Waals surface area contributed by atoms with Gasteiger partial charge in [0.1, 0.15) is 52.4 Å². The van der Waals surface area contributed by atoms with Gasteiger partial charge in [-0.3, -0.25) is 33.5 Å². The number of ether oxygens (including phenoxy) is 8. The molecule has 0 bridgehead atoms. The first kappa shape index (κ1) is 75.9. The Labute approximate surface area is 600 Å².